The molecular weight excluding hydrogens is 529 g/mol. The molecule has 1 heterocycles. The normalized spacial score (nSPS) is 22.2. The van der Waals surface area contributed by atoms with Gasteiger partial charge in [-0.05, 0) is 41.7 Å². The zero-order chi connectivity index (χ0) is 20.9. The number of primary sulfonamides is 1. The molecule has 7 nitrogen and oxygen atoms in total. The van der Waals surface area contributed by atoms with Gasteiger partial charge in [-0.1, -0.05) is 12.2 Å². The summed E-state index contributed by atoms with van der Waals surface area (Å²) in [5.41, 5.74) is -1.36. The number of aromatic amines is 2. The topological polar surface area (TPSA) is 121 Å². The Labute approximate surface area is 177 Å². The zero-order valence-electron chi connectivity index (χ0n) is 14.2. The maximum atomic E-state index is 14.9. The molecule has 2 aromatic rings. The lowest BCUT2D eigenvalue weighted by Gasteiger charge is -2.32. The fourth-order valence-corrected chi connectivity index (χ4v) is 4.70. The third-order valence-corrected chi connectivity index (χ3v) is 6.12. The standard InChI is InChI=1S/C16H14ClF2IN4O3S/c1-16(17)5-7(20)2-3-11(16)23-14-8(9-6-22-24-15(9)25)4-10(28(21,26)27)12(18)13(14)19/h2-6,11,23H,1H3,(H2,21,26,27)(H2,22,24,25). The second-order valence-corrected chi connectivity index (χ2v) is 9.88. The minimum atomic E-state index is -4.58. The number of rotatable bonds is 4. The van der Waals surface area contributed by atoms with Crippen LogP contribution < -0.4 is 16.0 Å². The Balaban J connectivity index is 2.24. The zero-order valence-corrected chi connectivity index (χ0v) is 17.9. The van der Waals surface area contributed by atoms with E-state index in [1.807, 2.05) is 0 Å². The van der Waals surface area contributed by atoms with E-state index < -0.39 is 48.7 Å². The number of benzene rings is 1. The lowest BCUT2D eigenvalue weighted by atomic mass is 9.95. The summed E-state index contributed by atoms with van der Waals surface area (Å²) in [6.45, 7) is 1.67. The minimum Gasteiger partial charge on any atom is -0.374 e. The van der Waals surface area contributed by atoms with Crippen molar-refractivity contribution in [1.29, 1.82) is 0 Å². The molecule has 2 atom stereocenters. The predicted molar refractivity (Wildman–Crippen MR) is 111 cm³/mol. The highest BCUT2D eigenvalue weighted by molar-refractivity contribution is 14.1. The summed E-state index contributed by atoms with van der Waals surface area (Å²) < 4.78 is 53.5. The highest BCUT2D eigenvalue weighted by atomic mass is 127. The first-order chi connectivity index (χ1) is 12.9. The van der Waals surface area contributed by atoms with Crippen LogP contribution in [0.2, 0.25) is 0 Å². The molecule has 0 bridgehead atoms. The van der Waals surface area contributed by atoms with Crippen LogP contribution in [-0.4, -0.2) is 29.5 Å². The van der Waals surface area contributed by atoms with Crippen molar-refractivity contribution in [2.24, 2.45) is 5.14 Å². The number of anilines is 1. The van der Waals surface area contributed by atoms with Crippen LogP contribution in [-0.2, 0) is 10.0 Å². The van der Waals surface area contributed by atoms with Gasteiger partial charge in [0.25, 0.3) is 5.56 Å². The molecule has 0 spiro atoms. The summed E-state index contributed by atoms with van der Waals surface area (Å²) in [4.78, 5) is 9.98. The number of alkyl halides is 1. The molecule has 1 aliphatic rings. The van der Waals surface area contributed by atoms with Gasteiger partial charge in [-0.3, -0.25) is 9.89 Å². The third-order valence-electron chi connectivity index (χ3n) is 4.19. The van der Waals surface area contributed by atoms with E-state index in [1.165, 1.54) is 6.20 Å². The highest BCUT2D eigenvalue weighted by Crippen LogP contribution is 2.38. The van der Waals surface area contributed by atoms with E-state index in [4.69, 9.17) is 16.7 Å². The Morgan fingerprint density at radius 2 is 2.00 bits per heavy atom. The van der Waals surface area contributed by atoms with Gasteiger partial charge in [0.1, 0.15) is 4.90 Å². The van der Waals surface area contributed by atoms with E-state index in [0.29, 0.717) is 0 Å². The van der Waals surface area contributed by atoms with Crippen LogP contribution in [0, 0.1) is 11.6 Å². The molecule has 1 aromatic carbocycles. The highest BCUT2D eigenvalue weighted by Gasteiger charge is 2.34. The average Bonchev–Trinajstić information content (AvgIpc) is 2.98. The van der Waals surface area contributed by atoms with Crippen LogP contribution in [0.3, 0.4) is 0 Å². The van der Waals surface area contributed by atoms with E-state index in [0.717, 1.165) is 9.65 Å². The molecule has 150 valence electrons. The SMILES string of the molecule is CC1(Cl)C=C(I)C=CC1Nc1c(-c2c[nH][nH]c2=O)cc(S(N)(=O)=O)c(F)c1F. The van der Waals surface area contributed by atoms with Gasteiger partial charge in [-0.15, -0.1) is 11.6 Å². The Morgan fingerprint density at radius 1 is 1.32 bits per heavy atom. The van der Waals surface area contributed by atoms with Crippen molar-refractivity contribution in [1.82, 2.24) is 10.2 Å². The largest absolute Gasteiger partial charge is 0.374 e. The minimum absolute atomic E-state index is 0.104. The van der Waals surface area contributed by atoms with E-state index in [9.17, 15) is 22.0 Å². The summed E-state index contributed by atoms with van der Waals surface area (Å²) >= 11 is 8.55. The third kappa shape index (κ3) is 3.88. The number of hydrogen-bond acceptors (Lipinski definition) is 4. The smallest absolute Gasteiger partial charge is 0.271 e. The van der Waals surface area contributed by atoms with Gasteiger partial charge in [0.15, 0.2) is 11.6 Å². The van der Waals surface area contributed by atoms with Gasteiger partial charge < -0.3 is 10.4 Å². The molecule has 1 aromatic heterocycles. The second-order valence-electron chi connectivity index (χ2n) is 6.29. The molecular formula is C16H14ClF2IN4O3S. The monoisotopic (exact) mass is 542 g/mol. The van der Waals surface area contributed by atoms with Crippen LogP contribution in [0.25, 0.3) is 11.1 Å². The number of nitrogens with one attached hydrogen (secondary N) is 3. The van der Waals surface area contributed by atoms with Crippen molar-refractivity contribution in [3.05, 3.63) is 56.1 Å². The molecule has 0 amide bonds. The van der Waals surface area contributed by atoms with Crippen molar-refractivity contribution in [3.63, 3.8) is 0 Å². The molecule has 0 saturated heterocycles. The van der Waals surface area contributed by atoms with Gasteiger partial charge in [0.05, 0.1) is 22.2 Å². The number of nitrogens with two attached hydrogens (primary N) is 1. The maximum Gasteiger partial charge on any atom is 0.271 e. The lowest BCUT2D eigenvalue weighted by molar-refractivity contribution is 0.486. The first-order valence-electron chi connectivity index (χ1n) is 7.75. The first-order valence-corrected chi connectivity index (χ1v) is 10.8. The number of hydrogen-bond donors (Lipinski definition) is 4. The van der Waals surface area contributed by atoms with Crippen LogP contribution in [0.1, 0.15) is 6.92 Å². The summed E-state index contributed by atoms with van der Waals surface area (Å²) in [6, 6.07) is 0.130. The molecule has 0 saturated carbocycles. The number of halogens is 4. The van der Waals surface area contributed by atoms with E-state index in [2.05, 4.69) is 38.1 Å². The summed E-state index contributed by atoms with van der Waals surface area (Å²) in [6.07, 6.45) is 6.32. The number of sulfonamides is 1. The van der Waals surface area contributed by atoms with Crippen LogP contribution in [0.4, 0.5) is 14.5 Å². The first kappa shape index (κ1) is 21.0. The summed E-state index contributed by atoms with van der Waals surface area (Å²) in [5, 5.41) is 12.5. The number of aromatic nitrogens is 2. The number of H-pyrrole nitrogens is 2. The van der Waals surface area contributed by atoms with Crippen LogP contribution >= 0.6 is 34.2 Å². The molecule has 0 aliphatic heterocycles. The van der Waals surface area contributed by atoms with Crippen LogP contribution in [0.15, 0.2) is 43.8 Å². The molecule has 0 radical (unpaired) electrons. The van der Waals surface area contributed by atoms with Gasteiger partial charge in [-0.25, -0.2) is 22.3 Å². The lowest BCUT2D eigenvalue weighted by Crippen LogP contribution is -2.39. The average molecular weight is 543 g/mol. The molecule has 28 heavy (non-hydrogen) atoms. The van der Waals surface area contributed by atoms with Gasteiger partial charge in [-0.2, -0.15) is 0 Å². The second kappa shape index (κ2) is 7.28. The van der Waals surface area contributed by atoms with Crippen molar-refractivity contribution in [3.8, 4) is 11.1 Å². The van der Waals surface area contributed by atoms with Crippen molar-refractivity contribution < 1.29 is 17.2 Å². The molecule has 5 N–H and O–H groups in total. The number of allylic oxidation sites excluding steroid dienone is 2. The van der Waals surface area contributed by atoms with Gasteiger partial charge in [0, 0.05) is 15.3 Å². The van der Waals surface area contributed by atoms with Gasteiger partial charge in [0.2, 0.25) is 10.0 Å². The fourth-order valence-electron chi connectivity index (χ4n) is 2.80. The van der Waals surface area contributed by atoms with Crippen molar-refractivity contribution in [2.75, 3.05) is 5.32 Å². The van der Waals surface area contributed by atoms with E-state index in [-0.39, 0.29) is 11.1 Å². The van der Waals surface area contributed by atoms with Crippen LogP contribution in [0.5, 0.6) is 0 Å². The van der Waals surface area contributed by atoms with Crippen molar-refractivity contribution in [2.45, 2.75) is 22.7 Å². The van der Waals surface area contributed by atoms with E-state index in [1.54, 1.807) is 25.2 Å². The fraction of sp³-hybridized carbons (Fsp3) is 0.188. The molecule has 0 fully saturated rings. The summed E-state index contributed by atoms with van der Waals surface area (Å²) in [5.74, 6) is -3.14. The Morgan fingerprint density at radius 3 is 2.54 bits per heavy atom. The van der Waals surface area contributed by atoms with E-state index >= 15 is 0 Å². The summed E-state index contributed by atoms with van der Waals surface area (Å²) in [7, 11) is -4.58. The van der Waals surface area contributed by atoms with Crippen molar-refractivity contribution >= 4 is 49.9 Å². The molecule has 3 rings (SSSR count). The Kier molecular flexibility index (Phi) is 5.47. The van der Waals surface area contributed by atoms with Gasteiger partial charge >= 0.3 is 0 Å². The maximum absolute atomic E-state index is 14.9. The Bertz CT molecular complexity index is 1170. The quantitative estimate of drug-likeness (QED) is 0.351. The molecule has 2 unspecified atom stereocenters. The predicted octanol–water partition coefficient (Wildman–Crippen LogP) is 2.96. The molecule has 1 aliphatic carbocycles. The molecule has 12 heteroatoms. The Hall–Kier alpha value is -1.70.